The SMILES string of the molecule is Cc1ccc(-c2cc(-c3ccc(F)cc3)c3oc(CCC(=O)/C=C/c4ccc(N)nc4)cc3c2)cc1. The van der Waals surface area contributed by atoms with E-state index in [1.807, 2.05) is 12.1 Å². The summed E-state index contributed by atoms with van der Waals surface area (Å²) in [4.78, 5) is 16.5. The van der Waals surface area contributed by atoms with Gasteiger partial charge in [-0.3, -0.25) is 4.79 Å². The first kappa shape index (κ1) is 23.2. The molecule has 178 valence electrons. The first-order valence-corrected chi connectivity index (χ1v) is 11.8. The van der Waals surface area contributed by atoms with E-state index in [0.29, 0.717) is 18.7 Å². The van der Waals surface area contributed by atoms with Gasteiger partial charge in [0.2, 0.25) is 0 Å². The van der Waals surface area contributed by atoms with Crippen LogP contribution in [0.5, 0.6) is 0 Å². The molecule has 4 nitrogen and oxygen atoms in total. The van der Waals surface area contributed by atoms with Crippen LogP contribution in [0.15, 0.2) is 95.6 Å². The van der Waals surface area contributed by atoms with E-state index in [2.05, 4.69) is 48.3 Å². The van der Waals surface area contributed by atoms with Crippen molar-refractivity contribution < 1.29 is 13.6 Å². The summed E-state index contributed by atoms with van der Waals surface area (Å²) in [6, 6.07) is 24.4. The zero-order valence-corrected chi connectivity index (χ0v) is 19.9. The number of aromatic nitrogens is 1. The molecule has 5 rings (SSSR count). The summed E-state index contributed by atoms with van der Waals surface area (Å²) in [5.74, 6) is 0.872. The highest BCUT2D eigenvalue weighted by molar-refractivity contribution is 5.97. The molecule has 5 heteroatoms. The van der Waals surface area contributed by atoms with Gasteiger partial charge in [-0.1, -0.05) is 42.0 Å². The van der Waals surface area contributed by atoms with Gasteiger partial charge in [0.15, 0.2) is 5.78 Å². The van der Waals surface area contributed by atoms with Crippen LogP contribution in [-0.2, 0) is 11.2 Å². The lowest BCUT2D eigenvalue weighted by atomic mass is 9.96. The van der Waals surface area contributed by atoms with Crippen molar-refractivity contribution in [2.75, 3.05) is 5.73 Å². The molecule has 0 aliphatic rings. The molecule has 2 N–H and O–H groups in total. The monoisotopic (exact) mass is 476 g/mol. The van der Waals surface area contributed by atoms with Gasteiger partial charge in [-0.25, -0.2) is 9.37 Å². The Bertz CT molecular complexity index is 1550. The van der Waals surface area contributed by atoms with E-state index < -0.39 is 0 Å². The fourth-order valence-electron chi connectivity index (χ4n) is 4.12. The lowest BCUT2D eigenvalue weighted by Crippen LogP contribution is -1.95. The summed E-state index contributed by atoms with van der Waals surface area (Å²) in [6.07, 6.45) is 5.69. The number of halogens is 1. The summed E-state index contributed by atoms with van der Waals surface area (Å²) in [5, 5.41) is 0.943. The molecular weight excluding hydrogens is 451 g/mol. The standard InChI is InChI=1S/C31H25FN2O2/c1-20-2-6-22(7-3-20)24-16-25-17-28(14-13-27(35)12-4-21-5-15-30(33)34-19-21)36-31(25)29(18-24)23-8-10-26(32)11-9-23/h2-12,15-19H,13-14H2,1H3,(H2,33,34)/b12-4+. The number of hydrogen-bond donors (Lipinski definition) is 1. The molecule has 0 saturated carbocycles. The number of aryl methyl sites for hydroxylation is 2. The fraction of sp³-hybridized carbons (Fsp3) is 0.0968. The number of nitrogens with zero attached hydrogens (tertiary/aromatic N) is 1. The molecule has 0 saturated heterocycles. The molecule has 0 radical (unpaired) electrons. The minimum atomic E-state index is -0.286. The second-order valence-electron chi connectivity index (χ2n) is 8.84. The summed E-state index contributed by atoms with van der Waals surface area (Å²) >= 11 is 0. The zero-order valence-electron chi connectivity index (χ0n) is 19.9. The van der Waals surface area contributed by atoms with Gasteiger partial charge in [0, 0.05) is 30.0 Å². The van der Waals surface area contributed by atoms with Gasteiger partial charge in [0.05, 0.1) is 0 Å². The molecule has 36 heavy (non-hydrogen) atoms. The third-order valence-corrected chi connectivity index (χ3v) is 6.10. The van der Waals surface area contributed by atoms with Crippen LogP contribution < -0.4 is 5.73 Å². The maximum absolute atomic E-state index is 13.6. The van der Waals surface area contributed by atoms with E-state index in [4.69, 9.17) is 10.2 Å². The number of benzene rings is 3. The zero-order chi connectivity index (χ0) is 25.1. The molecule has 0 atom stereocenters. The minimum absolute atomic E-state index is 0.00798. The number of nitrogens with two attached hydrogens (primary N) is 1. The molecule has 0 aliphatic heterocycles. The van der Waals surface area contributed by atoms with Crippen LogP contribution in [0.3, 0.4) is 0 Å². The van der Waals surface area contributed by atoms with E-state index in [1.54, 1.807) is 36.5 Å². The number of hydrogen-bond acceptors (Lipinski definition) is 4. The van der Waals surface area contributed by atoms with Crippen LogP contribution in [0.25, 0.3) is 39.3 Å². The van der Waals surface area contributed by atoms with Crippen molar-refractivity contribution in [3.8, 4) is 22.3 Å². The van der Waals surface area contributed by atoms with E-state index in [-0.39, 0.29) is 11.6 Å². The highest BCUT2D eigenvalue weighted by atomic mass is 19.1. The first-order chi connectivity index (χ1) is 17.4. The van der Waals surface area contributed by atoms with E-state index in [0.717, 1.165) is 44.5 Å². The number of ketones is 1. The Kier molecular flexibility index (Phi) is 6.46. The van der Waals surface area contributed by atoms with Gasteiger partial charge in [-0.15, -0.1) is 0 Å². The van der Waals surface area contributed by atoms with Crippen molar-refractivity contribution in [1.29, 1.82) is 0 Å². The molecule has 0 unspecified atom stereocenters. The average molecular weight is 477 g/mol. The number of carbonyl (C=O) groups is 1. The van der Waals surface area contributed by atoms with Crippen LogP contribution in [0.4, 0.5) is 10.2 Å². The second kappa shape index (κ2) is 10.0. The number of pyridine rings is 1. The third kappa shape index (κ3) is 5.26. The lowest BCUT2D eigenvalue weighted by Gasteiger charge is -2.08. The van der Waals surface area contributed by atoms with Crippen molar-refractivity contribution >= 4 is 28.6 Å². The number of allylic oxidation sites excluding steroid dienone is 1. The summed E-state index contributed by atoms with van der Waals surface area (Å²) in [5.41, 5.74) is 12.2. The predicted molar refractivity (Wildman–Crippen MR) is 143 cm³/mol. The number of carbonyl (C=O) groups excluding carboxylic acids is 1. The number of anilines is 1. The molecule has 0 bridgehead atoms. The van der Waals surface area contributed by atoms with Crippen LogP contribution >= 0.6 is 0 Å². The molecule has 2 heterocycles. The number of furan rings is 1. The van der Waals surface area contributed by atoms with E-state index in [1.165, 1.54) is 17.7 Å². The number of fused-ring (bicyclic) bond motifs is 1. The van der Waals surface area contributed by atoms with Gasteiger partial charge in [0.1, 0.15) is 23.0 Å². The van der Waals surface area contributed by atoms with Crippen molar-refractivity contribution in [2.24, 2.45) is 0 Å². The average Bonchev–Trinajstić information content (AvgIpc) is 3.31. The maximum atomic E-state index is 13.6. The van der Waals surface area contributed by atoms with E-state index >= 15 is 0 Å². The smallest absolute Gasteiger partial charge is 0.156 e. The van der Waals surface area contributed by atoms with Crippen LogP contribution in [0, 0.1) is 12.7 Å². The Morgan fingerprint density at radius 1 is 0.944 bits per heavy atom. The van der Waals surface area contributed by atoms with Gasteiger partial charge in [-0.2, -0.15) is 0 Å². The first-order valence-electron chi connectivity index (χ1n) is 11.8. The summed E-state index contributed by atoms with van der Waals surface area (Å²) < 4.78 is 19.8. The fourth-order valence-corrected chi connectivity index (χ4v) is 4.12. The van der Waals surface area contributed by atoms with Gasteiger partial charge < -0.3 is 10.2 Å². The van der Waals surface area contributed by atoms with Crippen LogP contribution in [0.2, 0.25) is 0 Å². The van der Waals surface area contributed by atoms with Crippen LogP contribution in [0.1, 0.15) is 23.3 Å². The topological polar surface area (TPSA) is 69.1 Å². The molecule has 0 amide bonds. The molecule has 2 aromatic heterocycles. The van der Waals surface area contributed by atoms with Crippen LogP contribution in [-0.4, -0.2) is 10.8 Å². The Morgan fingerprint density at radius 2 is 1.69 bits per heavy atom. The highest BCUT2D eigenvalue weighted by Crippen LogP contribution is 2.36. The number of rotatable bonds is 7. The largest absolute Gasteiger partial charge is 0.460 e. The Labute approximate surface area is 208 Å². The molecular formula is C31H25FN2O2. The normalized spacial score (nSPS) is 11.4. The third-order valence-electron chi connectivity index (χ3n) is 6.10. The van der Waals surface area contributed by atoms with Gasteiger partial charge >= 0.3 is 0 Å². The maximum Gasteiger partial charge on any atom is 0.156 e. The molecule has 0 aliphatic carbocycles. The van der Waals surface area contributed by atoms with Crippen molar-refractivity contribution in [1.82, 2.24) is 4.98 Å². The molecule has 5 aromatic rings. The Morgan fingerprint density at radius 3 is 2.42 bits per heavy atom. The second-order valence-corrected chi connectivity index (χ2v) is 8.84. The van der Waals surface area contributed by atoms with E-state index in [9.17, 15) is 9.18 Å². The van der Waals surface area contributed by atoms with Crippen molar-refractivity contribution in [2.45, 2.75) is 19.8 Å². The molecule has 0 fully saturated rings. The lowest BCUT2D eigenvalue weighted by molar-refractivity contribution is -0.114. The Balaban J connectivity index is 1.43. The number of nitrogen functional groups attached to an aromatic ring is 1. The quantitative estimate of drug-likeness (QED) is 0.248. The summed E-state index contributed by atoms with van der Waals surface area (Å²) in [6.45, 7) is 2.06. The minimum Gasteiger partial charge on any atom is -0.460 e. The van der Waals surface area contributed by atoms with Gasteiger partial charge in [-0.05, 0) is 83.8 Å². The molecule has 3 aromatic carbocycles. The summed E-state index contributed by atoms with van der Waals surface area (Å²) in [7, 11) is 0. The van der Waals surface area contributed by atoms with Gasteiger partial charge in [0.25, 0.3) is 0 Å². The predicted octanol–water partition coefficient (Wildman–Crippen LogP) is 7.41. The highest BCUT2D eigenvalue weighted by Gasteiger charge is 2.14. The Hall–Kier alpha value is -4.51. The van der Waals surface area contributed by atoms with Crippen molar-refractivity contribution in [3.63, 3.8) is 0 Å². The molecule has 0 spiro atoms. The van der Waals surface area contributed by atoms with Crippen molar-refractivity contribution in [3.05, 3.63) is 114 Å².